The Morgan fingerprint density at radius 1 is 1.00 bits per heavy atom. The van der Waals surface area contributed by atoms with Crippen LogP contribution in [0.5, 0.6) is 0 Å². The molecule has 0 spiro atoms. The van der Waals surface area contributed by atoms with E-state index in [1.54, 1.807) is 21.2 Å². The number of thiophene rings is 1. The van der Waals surface area contributed by atoms with E-state index in [1.165, 1.54) is 35.6 Å². The average molecular weight is 404 g/mol. The predicted molar refractivity (Wildman–Crippen MR) is 105 cm³/mol. The van der Waals surface area contributed by atoms with Gasteiger partial charge in [-0.05, 0) is 35.7 Å². The van der Waals surface area contributed by atoms with E-state index < -0.39 is 0 Å². The van der Waals surface area contributed by atoms with Gasteiger partial charge in [-0.2, -0.15) is 11.3 Å². The van der Waals surface area contributed by atoms with Crippen molar-refractivity contribution >= 4 is 34.9 Å². The maximum atomic E-state index is 12.9. The summed E-state index contributed by atoms with van der Waals surface area (Å²) in [6.07, 6.45) is 0.220. The van der Waals surface area contributed by atoms with Gasteiger partial charge in [0.15, 0.2) is 0 Å². The smallest absolute Gasteiger partial charge is 0.321 e. The van der Waals surface area contributed by atoms with Crippen LogP contribution in [-0.4, -0.2) is 60.4 Å². The van der Waals surface area contributed by atoms with Crippen LogP contribution in [0.15, 0.2) is 41.1 Å². The zero-order chi connectivity index (χ0) is 19.9. The van der Waals surface area contributed by atoms with Crippen molar-refractivity contribution in [3.05, 3.63) is 52.5 Å². The monoisotopic (exact) mass is 404 g/mol. The number of benzene rings is 1. The summed E-state index contributed by atoms with van der Waals surface area (Å²) in [5.41, 5.74) is 1.12. The largest absolute Gasteiger partial charge is 0.351 e. The van der Waals surface area contributed by atoms with Crippen LogP contribution < -0.4 is 10.6 Å². The Hall–Kier alpha value is -2.94. The van der Waals surface area contributed by atoms with Crippen molar-refractivity contribution in [3.8, 4) is 0 Å². The van der Waals surface area contributed by atoms with Gasteiger partial charge in [-0.3, -0.25) is 9.59 Å². The molecule has 148 valence electrons. The minimum atomic E-state index is -0.364. The van der Waals surface area contributed by atoms with Gasteiger partial charge in [0.1, 0.15) is 5.82 Å². The van der Waals surface area contributed by atoms with E-state index in [1.807, 2.05) is 5.38 Å². The SMILES string of the molecule is O=C(NCCC(=O)N1CCN(C(=O)Nc2ccc(F)cc2)CC1)c1ccsc1. The van der Waals surface area contributed by atoms with Crippen LogP contribution in [0, 0.1) is 5.82 Å². The molecule has 1 aliphatic heterocycles. The summed E-state index contributed by atoms with van der Waals surface area (Å²) in [7, 11) is 0. The number of nitrogens with one attached hydrogen (secondary N) is 2. The standard InChI is InChI=1S/C19H21FN4O3S/c20-15-1-3-16(4-2-15)22-19(27)24-10-8-23(9-11-24)17(25)5-7-21-18(26)14-6-12-28-13-14/h1-4,6,12-13H,5,7-11H2,(H,21,26)(H,22,27). The lowest BCUT2D eigenvalue weighted by Gasteiger charge is -2.34. The highest BCUT2D eigenvalue weighted by molar-refractivity contribution is 7.08. The molecule has 0 unspecified atom stereocenters. The number of urea groups is 1. The molecule has 2 heterocycles. The molecule has 3 rings (SSSR count). The molecule has 4 amide bonds. The second-order valence-electron chi connectivity index (χ2n) is 6.32. The average Bonchev–Trinajstić information content (AvgIpc) is 3.24. The van der Waals surface area contributed by atoms with Crippen LogP contribution in [0.3, 0.4) is 0 Å². The lowest BCUT2D eigenvalue weighted by atomic mass is 10.2. The molecule has 2 N–H and O–H groups in total. The van der Waals surface area contributed by atoms with Gasteiger partial charge in [0.05, 0.1) is 0 Å². The molecule has 0 atom stereocenters. The van der Waals surface area contributed by atoms with Crippen LogP contribution in [0.4, 0.5) is 14.9 Å². The Bertz CT molecular complexity index is 818. The third-order valence-electron chi connectivity index (χ3n) is 4.42. The molecule has 1 aromatic heterocycles. The lowest BCUT2D eigenvalue weighted by Crippen LogP contribution is -2.52. The van der Waals surface area contributed by atoms with Crippen molar-refractivity contribution < 1.29 is 18.8 Å². The highest BCUT2D eigenvalue weighted by Crippen LogP contribution is 2.11. The van der Waals surface area contributed by atoms with Crippen molar-refractivity contribution in [1.29, 1.82) is 0 Å². The van der Waals surface area contributed by atoms with E-state index >= 15 is 0 Å². The first-order valence-electron chi connectivity index (χ1n) is 8.92. The number of carbonyl (C=O) groups excluding carboxylic acids is 3. The first-order chi connectivity index (χ1) is 13.5. The van der Waals surface area contributed by atoms with E-state index in [0.717, 1.165) is 0 Å². The van der Waals surface area contributed by atoms with Gasteiger partial charge in [-0.25, -0.2) is 9.18 Å². The maximum absolute atomic E-state index is 12.9. The fraction of sp³-hybridized carbons (Fsp3) is 0.316. The van der Waals surface area contributed by atoms with Crippen molar-refractivity contribution in [1.82, 2.24) is 15.1 Å². The number of hydrogen-bond donors (Lipinski definition) is 2. The van der Waals surface area contributed by atoms with Crippen molar-refractivity contribution in [3.63, 3.8) is 0 Å². The first-order valence-corrected chi connectivity index (χ1v) is 9.87. The summed E-state index contributed by atoms with van der Waals surface area (Å²) < 4.78 is 12.9. The summed E-state index contributed by atoms with van der Waals surface area (Å²) >= 11 is 1.44. The van der Waals surface area contributed by atoms with E-state index in [9.17, 15) is 18.8 Å². The molecular formula is C19H21FN4O3S. The van der Waals surface area contributed by atoms with E-state index in [4.69, 9.17) is 0 Å². The van der Waals surface area contributed by atoms with Crippen LogP contribution in [0.1, 0.15) is 16.8 Å². The molecule has 1 aliphatic rings. The van der Waals surface area contributed by atoms with E-state index in [2.05, 4.69) is 10.6 Å². The molecule has 0 radical (unpaired) electrons. The minimum Gasteiger partial charge on any atom is -0.351 e. The molecular weight excluding hydrogens is 383 g/mol. The van der Waals surface area contributed by atoms with Crippen molar-refractivity contribution in [2.75, 3.05) is 38.0 Å². The van der Waals surface area contributed by atoms with Crippen molar-refractivity contribution in [2.24, 2.45) is 0 Å². The van der Waals surface area contributed by atoms with Gasteiger partial charge >= 0.3 is 6.03 Å². The highest BCUT2D eigenvalue weighted by atomic mass is 32.1. The molecule has 7 nitrogen and oxygen atoms in total. The van der Waals surface area contributed by atoms with Gasteiger partial charge in [0, 0.05) is 55.8 Å². The maximum Gasteiger partial charge on any atom is 0.321 e. The quantitative estimate of drug-likeness (QED) is 0.803. The third kappa shape index (κ3) is 5.29. The number of piperazine rings is 1. The van der Waals surface area contributed by atoms with E-state index in [-0.39, 0.29) is 36.6 Å². The molecule has 2 aromatic rings. The topological polar surface area (TPSA) is 81.8 Å². The summed E-state index contributed by atoms with van der Waals surface area (Å²) in [5, 5.41) is 9.03. The highest BCUT2D eigenvalue weighted by Gasteiger charge is 2.24. The number of hydrogen-bond acceptors (Lipinski definition) is 4. The lowest BCUT2D eigenvalue weighted by molar-refractivity contribution is -0.132. The second kappa shape index (κ2) is 9.32. The molecule has 0 saturated carbocycles. The normalized spacial score (nSPS) is 13.9. The van der Waals surface area contributed by atoms with Crippen molar-refractivity contribution in [2.45, 2.75) is 6.42 Å². The number of anilines is 1. The fourth-order valence-corrected chi connectivity index (χ4v) is 3.47. The van der Waals surface area contributed by atoms with Gasteiger partial charge in [0.2, 0.25) is 5.91 Å². The molecule has 28 heavy (non-hydrogen) atoms. The van der Waals surface area contributed by atoms with Gasteiger partial charge in [0.25, 0.3) is 5.91 Å². The molecule has 1 fully saturated rings. The summed E-state index contributed by atoms with van der Waals surface area (Å²) in [4.78, 5) is 39.7. The Kier molecular flexibility index (Phi) is 6.59. The summed E-state index contributed by atoms with van der Waals surface area (Å²) in [6.45, 7) is 1.99. The van der Waals surface area contributed by atoms with Gasteiger partial charge < -0.3 is 20.4 Å². The van der Waals surface area contributed by atoms with E-state index in [0.29, 0.717) is 37.4 Å². The molecule has 9 heteroatoms. The number of rotatable bonds is 5. The minimum absolute atomic E-state index is 0.0517. The number of carbonyl (C=O) groups is 3. The Labute approximate surface area is 166 Å². The Balaban J connectivity index is 1.38. The molecule has 0 bridgehead atoms. The second-order valence-corrected chi connectivity index (χ2v) is 7.10. The van der Waals surface area contributed by atoms with Gasteiger partial charge in [-0.15, -0.1) is 0 Å². The van der Waals surface area contributed by atoms with Crippen LogP contribution >= 0.6 is 11.3 Å². The fourth-order valence-electron chi connectivity index (χ4n) is 2.83. The van der Waals surface area contributed by atoms with Crippen LogP contribution in [0.2, 0.25) is 0 Å². The van der Waals surface area contributed by atoms with Crippen LogP contribution in [-0.2, 0) is 4.79 Å². The third-order valence-corrected chi connectivity index (χ3v) is 5.11. The van der Waals surface area contributed by atoms with Gasteiger partial charge in [-0.1, -0.05) is 0 Å². The Morgan fingerprint density at radius 3 is 2.32 bits per heavy atom. The molecule has 1 saturated heterocycles. The zero-order valence-corrected chi connectivity index (χ0v) is 16.0. The summed E-state index contributed by atoms with van der Waals surface area (Å²) in [5.74, 6) is -0.600. The molecule has 0 aliphatic carbocycles. The van der Waals surface area contributed by atoms with Crippen LogP contribution in [0.25, 0.3) is 0 Å². The number of amides is 4. The zero-order valence-electron chi connectivity index (χ0n) is 15.2. The predicted octanol–water partition coefficient (Wildman–Crippen LogP) is 2.38. The first kappa shape index (κ1) is 19.8. The number of nitrogens with zero attached hydrogens (tertiary/aromatic N) is 2. The summed E-state index contributed by atoms with van der Waals surface area (Å²) in [6, 6.07) is 7.02. The molecule has 1 aromatic carbocycles. The Morgan fingerprint density at radius 2 is 1.68 bits per heavy atom. The number of halogens is 1.